The maximum absolute atomic E-state index is 6.78. The lowest BCUT2D eigenvalue weighted by atomic mass is 9.61. The number of aromatic nitrogens is 2. The molecule has 2 aromatic heterocycles. The van der Waals surface area contributed by atoms with Gasteiger partial charge in [0.1, 0.15) is 23.0 Å². The van der Waals surface area contributed by atoms with Crippen molar-refractivity contribution in [2.24, 2.45) is 0 Å². The molecule has 6 aromatic carbocycles. The van der Waals surface area contributed by atoms with Gasteiger partial charge in [0.05, 0.1) is 22.3 Å². The Kier molecular flexibility index (Phi) is 7.28. The first-order valence-electron chi connectivity index (χ1n) is 20.3. The molecule has 3 aliphatic carbocycles. The molecular weight excluding hydrogens is 697 g/mol. The van der Waals surface area contributed by atoms with Crippen LogP contribution in [-0.2, 0) is 5.41 Å². The molecule has 5 nitrogen and oxygen atoms in total. The average molecular weight is 744 g/mol. The van der Waals surface area contributed by atoms with E-state index in [0.29, 0.717) is 0 Å². The quantitative estimate of drug-likeness (QED) is 0.195. The number of nitrogens with one attached hydrogen (secondary N) is 1. The van der Waals surface area contributed by atoms with Crippen molar-refractivity contribution in [2.75, 3.05) is 11.6 Å². The summed E-state index contributed by atoms with van der Waals surface area (Å²) in [7, 11) is 0. The topological polar surface area (TPSA) is 34.7 Å². The first-order chi connectivity index (χ1) is 27.5. The van der Waals surface area contributed by atoms with Gasteiger partial charge < -0.3 is 4.74 Å². The van der Waals surface area contributed by atoms with Gasteiger partial charge in [-0.25, -0.2) is 4.98 Å². The number of fused-ring (bicyclic) bond motifs is 4. The number of benzene rings is 6. The second-order valence-electron chi connectivity index (χ2n) is 18.2. The fourth-order valence-electron chi connectivity index (χ4n) is 9.98. The van der Waals surface area contributed by atoms with Crippen LogP contribution in [0.5, 0.6) is 11.5 Å². The Morgan fingerprint density at radius 3 is 1.89 bits per heavy atom. The van der Waals surface area contributed by atoms with Crippen molar-refractivity contribution in [3.8, 4) is 17.3 Å². The van der Waals surface area contributed by atoms with E-state index in [1.54, 1.807) is 0 Å². The van der Waals surface area contributed by atoms with Gasteiger partial charge in [-0.05, 0) is 114 Å². The minimum absolute atomic E-state index is 0.00443. The molecule has 57 heavy (non-hydrogen) atoms. The lowest BCUT2D eigenvalue weighted by molar-refractivity contribution is -0.877. The van der Waals surface area contributed by atoms with Crippen LogP contribution < -0.4 is 14.5 Å². The summed E-state index contributed by atoms with van der Waals surface area (Å²) in [6, 6.07) is 51.3. The third-order valence-electron chi connectivity index (χ3n) is 12.7. The molecule has 4 aliphatic rings. The summed E-state index contributed by atoms with van der Waals surface area (Å²) in [6.07, 6.45) is 1.93. The van der Waals surface area contributed by atoms with Crippen LogP contribution in [0.2, 0.25) is 0 Å². The molecule has 280 valence electrons. The zero-order valence-corrected chi connectivity index (χ0v) is 33.5. The SMILES string of the molecule is CC(C)(C)c1ccnc(-n2c3ccccc3c3ccc(Oc4cccc(N5C[NH+](C(C)(C)C)c6cc7c(cc65)C5c6ccccc6C7c6ccccc65)c4)cc32)c1. The molecule has 1 aliphatic heterocycles. The van der Waals surface area contributed by atoms with E-state index in [9.17, 15) is 0 Å². The number of anilines is 2. The lowest BCUT2D eigenvalue weighted by Gasteiger charge is -2.42. The van der Waals surface area contributed by atoms with Gasteiger partial charge in [0, 0.05) is 47.0 Å². The largest absolute Gasteiger partial charge is 0.457 e. The van der Waals surface area contributed by atoms with Crippen LogP contribution in [0.3, 0.4) is 0 Å². The first kappa shape index (κ1) is 34.1. The Morgan fingerprint density at radius 2 is 1.21 bits per heavy atom. The summed E-state index contributed by atoms with van der Waals surface area (Å²) < 4.78 is 9.05. The number of ether oxygens (including phenoxy) is 1. The van der Waals surface area contributed by atoms with Crippen molar-refractivity contribution < 1.29 is 9.64 Å². The summed E-state index contributed by atoms with van der Waals surface area (Å²) in [6.45, 7) is 14.7. The van der Waals surface area contributed by atoms with E-state index in [2.05, 4.69) is 191 Å². The fourth-order valence-corrected chi connectivity index (χ4v) is 9.98. The molecule has 0 spiro atoms. The predicted octanol–water partition coefficient (Wildman–Crippen LogP) is 11.7. The van der Waals surface area contributed by atoms with Gasteiger partial charge in [-0.1, -0.05) is 93.6 Å². The molecule has 0 fully saturated rings. The Balaban J connectivity index is 0.991. The van der Waals surface area contributed by atoms with Gasteiger partial charge in [-0.15, -0.1) is 0 Å². The Labute approximate surface area is 334 Å². The number of pyridine rings is 1. The monoisotopic (exact) mass is 743 g/mol. The van der Waals surface area contributed by atoms with Crippen LogP contribution in [0.15, 0.2) is 146 Å². The number of hydrogen-bond donors (Lipinski definition) is 1. The van der Waals surface area contributed by atoms with Crippen LogP contribution in [0, 0.1) is 0 Å². The summed E-state index contributed by atoms with van der Waals surface area (Å²) in [4.78, 5) is 8.86. The number of nitrogens with zero attached hydrogens (tertiary/aromatic N) is 3. The molecule has 2 bridgehead atoms. The Morgan fingerprint density at radius 1 is 0.579 bits per heavy atom. The third-order valence-corrected chi connectivity index (χ3v) is 12.7. The number of quaternary nitrogens is 1. The lowest BCUT2D eigenvalue weighted by Crippen LogP contribution is -3.14. The Hall–Kier alpha value is -6.17. The second kappa shape index (κ2) is 12.2. The smallest absolute Gasteiger partial charge is 0.162 e. The molecular formula is C52H47N4O+. The minimum Gasteiger partial charge on any atom is -0.457 e. The molecule has 12 rings (SSSR count). The van der Waals surface area contributed by atoms with Crippen LogP contribution >= 0.6 is 0 Å². The second-order valence-corrected chi connectivity index (χ2v) is 18.2. The van der Waals surface area contributed by atoms with Crippen LogP contribution in [0.25, 0.3) is 27.6 Å². The molecule has 0 amide bonds. The van der Waals surface area contributed by atoms with Gasteiger partial charge in [-0.2, -0.15) is 0 Å². The van der Waals surface area contributed by atoms with Crippen molar-refractivity contribution >= 4 is 38.9 Å². The van der Waals surface area contributed by atoms with E-state index >= 15 is 0 Å². The van der Waals surface area contributed by atoms with E-state index in [0.717, 1.165) is 40.7 Å². The predicted molar refractivity (Wildman–Crippen MR) is 232 cm³/mol. The summed E-state index contributed by atoms with van der Waals surface area (Å²) >= 11 is 0. The van der Waals surface area contributed by atoms with Gasteiger partial charge in [0.15, 0.2) is 12.4 Å². The van der Waals surface area contributed by atoms with E-state index in [1.165, 1.54) is 66.0 Å². The zero-order chi connectivity index (χ0) is 38.8. The maximum atomic E-state index is 6.78. The van der Waals surface area contributed by atoms with Gasteiger partial charge in [0.2, 0.25) is 0 Å². The van der Waals surface area contributed by atoms with Crippen LogP contribution in [0.4, 0.5) is 17.1 Å². The maximum Gasteiger partial charge on any atom is 0.162 e. The normalized spacial score (nSPS) is 18.1. The Bertz CT molecular complexity index is 2880. The highest BCUT2D eigenvalue weighted by Gasteiger charge is 2.46. The molecule has 1 atom stereocenters. The molecule has 0 saturated carbocycles. The van der Waals surface area contributed by atoms with Crippen LogP contribution in [-0.4, -0.2) is 21.8 Å². The standard InChI is InChI=1S/C52H46N4O/c1-51(2,3)32-24-25-53-48(26-32)56-44-21-12-11-16-36(44)37-23-22-35(28-45(37)56)57-34-15-13-14-33(27-34)54-31-55(52(4,5)6)47-30-43-42(29-46(47)54)49-38-17-7-9-19-40(38)50(43)41-20-10-8-18-39(41)49/h7-30,49-50H,31H2,1-6H3/p+1. The van der Waals surface area contributed by atoms with Crippen molar-refractivity contribution in [1.29, 1.82) is 0 Å². The molecule has 5 heteroatoms. The molecule has 1 N–H and O–H groups in total. The molecule has 0 radical (unpaired) electrons. The minimum atomic E-state index is 0.00443. The van der Waals surface area contributed by atoms with Crippen molar-refractivity contribution in [1.82, 2.24) is 9.55 Å². The summed E-state index contributed by atoms with van der Waals surface area (Å²) in [5.41, 5.74) is 16.0. The highest BCUT2D eigenvalue weighted by molar-refractivity contribution is 6.09. The van der Waals surface area contributed by atoms with E-state index in [4.69, 9.17) is 9.72 Å². The average Bonchev–Trinajstić information content (AvgIpc) is 3.75. The number of hydrogen-bond acceptors (Lipinski definition) is 3. The van der Waals surface area contributed by atoms with E-state index < -0.39 is 0 Å². The number of para-hydroxylation sites is 1. The third kappa shape index (κ3) is 5.22. The molecule has 1 unspecified atom stereocenters. The van der Waals surface area contributed by atoms with Gasteiger partial charge in [-0.3, -0.25) is 14.4 Å². The van der Waals surface area contributed by atoms with Gasteiger partial charge in [0.25, 0.3) is 0 Å². The van der Waals surface area contributed by atoms with Crippen molar-refractivity contribution in [3.05, 3.63) is 185 Å². The summed E-state index contributed by atoms with van der Waals surface area (Å²) in [5.74, 6) is 3.00. The summed E-state index contributed by atoms with van der Waals surface area (Å²) in [5, 5.41) is 2.38. The van der Waals surface area contributed by atoms with E-state index in [1.807, 2.05) is 6.20 Å². The fraction of sp³-hybridized carbons (Fsp3) is 0.212. The van der Waals surface area contributed by atoms with Crippen LogP contribution in [0.1, 0.15) is 92.3 Å². The van der Waals surface area contributed by atoms with Crippen molar-refractivity contribution in [2.45, 2.75) is 64.3 Å². The highest BCUT2D eigenvalue weighted by Crippen LogP contribution is 2.57. The zero-order valence-electron chi connectivity index (χ0n) is 33.5. The molecule has 8 aromatic rings. The number of rotatable bonds is 4. The highest BCUT2D eigenvalue weighted by atomic mass is 16.5. The van der Waals surface area contributed by atoms with Crippen molar-refractivity contribution in [3.63, 3.8) is 0 Å². The van der Waals surface area contributed by atoms with E-state index in [-0.39, 0.29) is 22.8 Å². The first-order valence-corrected chi connectivity index (χ1v) is 20.3. The molecule has 0 saturated heterocycles. The van der Waals surface area contributed by atoms with Gasteiger partial charge >= 0.3 is 0 Å². The molecule has 3 heterocycles.